The van der Waals surface area contributed by atoms with E-state index in [0.717, 1.165) is 23.5 Å². The van der Waals surface area contributed by atoms with Crippen LogP contribution in [0.25, 0.3) is 0 Å². The lowest BCUT2D eigenvalue weighted by molar-refractivity contribution is 0.0935. The Kier molecular flexibility index (Phi) is 6.03. The molecule has 0 aromatic heterocycles. The topological polar surface area (TPSA) is 47.6 Å². The highest BCUT2D eigenvalue weighted by atomic mass is 16.5. The fourth-order valence-electron chi connectivity index (χ4n) is 2.37. The van der Waals surface area contributed by atoms with Gasteiger partial charge in [-0.15, -0.1) is 0 Å². The summed E-state index contributed by atoms with van der Waals surface area (Å²) in [5.74, 6) is 1.49. The van der Waals surface area contributed by atoms with Gasteiger partial charge in [-0.2, -0.15) is 0 Å². The van der Waals surface area contributed by atoms with E-state index in [-0.39, 0.29) is 11.9 Å². The largest absolute Gasteiger partial charge is 0.497 e. The van der Waals surface area contributed by atoms with Gasteiger partial charge in [0.15, 0.2) is 0 Å². The Balaban J connectivity index is 2.06. The van der Waals surface area contributed by atoms with Crippen molar-refractivity contribution in [2.24, 2.45) is 0 Å². The molecule has 1 N–H and O–H groups in total. The lowest BCUT2D eigenvalue weighted by Gasteiger charge is -2.18. The van der Waals surface area contributed by atoms with Crippen LogP contribution >= 0.6 is 0 Å². The predicted octanol–water partition coefficient (Wildman–Crippen LogP) is 3.98. The van der Waals surface area contributed by atoms with Crippen LogP contribution in [0.1, 0.15) is 42.2 Å². The maximum absolute atomic E-state index is 12.4. The van der Waals surface area contributed by atoms with Gasteiger partial charge in [0, 0.05) is 5.56 Å². The molecule has 0 aliphatic heterocycles. The molecule has 4 heteroatoms. The van der Waals surface area contributed by atoms with E-state index in [9.17, 15) is 4.79 Å². The highest BCUT2D eigenvalue weighted by Gasteiger charge is 2.14. The molecule has 122 valence electrons. The molecule has 0 radical (unpaired) electrons. The average Bonchev–Trinajstić information content (AvgIpc) is 2.60. The lowest BCUT2D eigenvalue weighted by Crippen LogP contribution is -2.28. The normalized spacial score (nSPS) is 11.6. The van der Waals surface area contributed by atoms with Gasteiger partial charge in [0.05, 0.1) is 19.8 Å². The van der Waals surface area contributed by atoms with Gasteiger partial charge in [-0.1, -0.05) is 19.1 Å². The van der Waals surface area contributed by atoms with E-state index in [1.807, 2.05) is 50.2 Å². The van der Waals surface area contributed by atoms with Crippen molar-refractivity contribution in [2.45, 2.75) is 26.3 Å². The van der Waals surface area contributed by atoms with Crippen LogP contribution in [0.15, 0.2) is 48.5 Å². The summed E-state index contributed by atoms with van der Waals surface area (Å²) in [6.45, 7) is 4.59. The van der Waals surface area contributed by atoms with E-state index in [2.05, 4.69) is 5.32 Å². The zero-order chi connectivity index (χ0) is 16.7. The van der Waals surface area contributed by atoms with Crippen LogP contribution in [-0.2, 0) is 0 Å². The van der Waals surface area contributed by atoms with Crippen molar-refractivity contribution in [1.82, 2.24) is 5.32 Å². The number of benzene rings is 2. The van der Waals surface area contributed by atoms with Crippen LogP contribution < -0.4 is 14.8 Å². The number of carbonyl (C=O) groups is 1. The fraction of sp³-hybridized carbons (Fsp3) is 0.316. The van der Waals surface area contributed by atoms with Crippen LogP contribution in [0.5, 0.6) is 11.5 Å². The summed E-state index contributed by atoms with van der Waals surface area (Å²) >= 11 is 0. The van der Waals surface area contributed by atoms with Gasteiger partial charge in [-0.25, -0.2) is 0 Å². The van der Waals surface area contributed by atoms with Gasteiger partial charge >= 0.3 is 0 Å². The van der Waals surface area contributed by atoms with Gasteiger partial charge in [0.1, 0.15) is 11.5 Å². The Morgan fingerprint density at radius 1 is 1.00 bits per heavy atom. The molecule has 2 aromatic rings. The van der Waals surface area contributed by atoms with Crippen LogP contribution in [0, 0.1) is 0 Å². The molecule has 0 spiro atoms. The second-order valence-electron chi connectivity index (χ2n) is 5.16. The van der Waals surface area contributed by atoms with Gasteiger partial charge in [0.2, 0.25) is 0 Å². The van der Waals surface area contributed by atoms with E-state index in [4.69, 9.17) is 9.47 Å². The molecule has 1 atom stereocenters. The minimum atomic E-state index is -0.0873. The molecule has 2 rings (SSSR count). The molecule has 0 aliphatic rings. The van der Waals surface area contributed by atoms with Crippen LogP contribution in [0.4, 0.5) is 0 Å². The Morgan fingerprint density at radius 2 is 1.61 bits per heavy atom. The van der Waals surface area contributed by atoms with Crippen molar-refractivity contribution in [1.29, 1.82) is 0 Å². The number of methoxy groups -OCH3 is 1. The molecular formula is C19H23NO3. The van der Waals surface area contributed by atoms with Gasteiger partial charge in [-0.3, -0.25) is 4.79 Å². The monoisotopic (exact) mass is 313 g/mol. The first-order valence-electron chi connectivity index (χ1n) is 7.85. The van der Waals surface area contributed by atoms with Crippen molar-refractivity contribution >= 4 is 5.91 Å². The summed E-state index contributed by atoms with van der Waals surface area (Å²) in [5, 5.41) is 3.07. The molecule has 0 unspecified atom stereocenters. The molecule has 0 saturated carbocycles. The number of amides is 1. The van der Waals surface area contributed by atoms with Crippen LogP contribution in [-0.4, -0.2) is 19.6 Å². The standard InChI is InChI=1S/C19H23NO3/c1-4-18(14-6-10-16(22-3)11-7-14)20-19(21)15-8-12-17(13-9-15)23-5-2/h6-13,18H,4-5H2,1-3H3,(H,20,21)/t18-/m1/s1. The Morgan fingerprint density at radius 3 is 2.13 bits per heavy atom. The Hall–Kier alpha value is -2.49. The highest BCUT2D eigenvalue weighted by molar-refractivity contribution is 5.94. The molecule has 0 bridgehead atoms. The van der Waals surface area contributed by atoms with E-state index in [1.54, 1.807) is 19.2 Å². The van der Waals surface area contributed by atoms with Gasteiger partial charge < -0.3 is 14.8 Å². The number of rotatable bonds is 7. The zero-order valence-corrected chi connectivity index (χ0v) is 13.8. The Labute approximate surface area is 137 Å². The van der Waals surface area contributed by atoms with E-state index < -0.39 is 0 Å². The van der Waals surface area contributed by atoms with Crippen LogP contribution in [0.3, 0.4) is 0 Å². The SMILES string of the molecule is CCOc1ccc(C(=O)N[C@H](CC)c2ccc(OC)cc2)cc1. The number of nitrogens with one attached hydrogen (secondary N) is 1. The first kappa shape index (κ1) is 16.9. The Bertz CT molecular complexity index is 620. The van der Waals surface area contributed by atoms with Crippen molar-refractivity contribution in [2.75, 3.05) is 13.7 Å². The third-order valence-corrected chi connectivity index (χ3v) is 3.66. The van der Waals surface area contributed by atoms with Gasteiger partial charge in [0.25, 0.3) is 5.91 Å². The summed E-state index contributed by atoms with van der Waals surface area (Å²) in [6, 6.07) is 14.9. The fourth-order valence-corrected chi connectivity index (χ4v) is 2.37. The summed E-state index contributed by atoms with van der Waals surface area (Å²) < 4.78 is 10.6. The molecule has 2 aromatic carbocycles. The molecule has 0 heterocycles. The third-order valence-electron chi connectivity index (χ3n) is 3.66. The smallest absolute Gasteiger partial charge is 0.251 e. The van der Waals surface area contributed by atoms with E-state index in [0.29, 0.717) is 12.2 Å². The number of carbonyl (C=O) groups excluding carboxylic acids is 1. The molecule has 0 aliphatic carbocycles. The molecular weight excluding hydrogens is 290 g/mol. The van der Waals surface area contributed by atoms with Crippen molar-refractivity contribution < 1.29 is 14.3 Å². The maximum Gasteiger partial charge on any atom is 0.251 e. The third kappa shape index (κ3) is 4.49. The summed E-state index contributed by atoms with van der Waals surface area (Å²) in [7, 11) is 1.64. The van der Waals surface area contributed by atoms with E-state index >= 15 is 0 Å². The van der Waals surface area contributed by atoms with Gasteiger partial charge in [-0.05, 0) is 55.3 Å². The van der Waals surface area contributed by atoms with Crippen LogP contribution in [0.2, 0.25) is 0 Å². The van der Waals surface area contributed by atoms with Crippen molar-refractivity contribution in [3.8, 4) is 11.5 Å². The first-order chi connectivity index (χ1) is 11.2. The molecule has 23 heavy (non-hydrogen) atoms. The second kappa shape index (κ2) is 8.22. The zero-order valence-electron chi connectivity index (χ0n) is 13.8. The highest BCUT2D eigenvalue weighted by Crippen LogP contribution is 2.21. The molecule has 0 fully saturated rings. The lowest BCUT2D eigenvalue weighted by atomic mass is 10.0. The quantitative estimate of drug-likeness (QED) is 0.841. The minimum Gasteiger partial charge on any atom is -0.497 e. The predicted molar refractivity (Wildman–Crippen MR) is 91.1 cm³/mol. The van der Waals surface area contributed by atoms with Crippen molar-refractivity contribution in [3.05, 3.63) is 59.7 Å². The summed E-state index contributed by atoms with van der Waals surface area (Å²) in [5.41, 5.74) is 1.69. The number of hydrogen-bond acceptors (Lipinski definition) is 3. The number of ether oxygens (including phenoxy) is 2. The number of hydrogen-bond donors (Lipinski definition) is 1. The average molecular weight is 313 g/mol. The first-order valence-corrected chi connectivity index (χ1v) is 7.85. The minimum absolute atomic E-state index is 0.0278. The summed E-state index contributed by atoms with van der Waals surface area (Å²) in [6.07, 6.45) is 0.815. The summed E-state index contributed by atoms with van der Waals surface area (Å²) in [4.78, 5) is 12.4. The van der Waals surface area contributed by atoms with E-state index in [1.165, 1.54) is 0 Å². The molecule has 0 saturated heterocycles. The molecule has 1 amide bonds. The maximum atomic E-state index is 12.4. The second-order valence-corrected chi connectivity index (χ2v) is 5.16. The molecule has 4 nitrogen and oxygen atoms in total. The van der Waals surface area contributed by atoms with Crippen molar-refractivity contribution in [3.63, 3.8) is 0 Å².